The molecule has 4 nitrogen and oxygen atoms in total. The molecule has 0 aromatic rings. The summed E-state index contributed by atoms with van der Waals surface area (Å²) in [6.07, 6.45) is 4.32. The molecule has 2 aliphatic rings. The molecular weight excluding hydrogens is 194 g/mol. The Balaban J connectivity index is 2.12. The van der Waals surface area contributed by atoms with Gasteiger partial charge in [-0.1, -0.05) is 6.08 Å². The van der Waals surface area contributed by atoms with E-state index < -0.39 is 5.97 Å². The lowest BCUT2D eigenvalue weighted by molar-refractivity contribution is -0.143. The highest BCUT2D eigenvalue weighted by Crippen LogP contribution is 2.42. The molecule has 3 unspecified atom stereocenters. The van der Waals surface area contributed by atoms with Crippen molar-refractivity contribution in [1.82, 2.24) is 4.90 Å². The summed E-state index contributed by atoms with van der Waals surface area (Å²) in [6, 6.07) is 0.0866. The van der Waals surface area contributed by atoms with Gasteiger partial charge in [0.2, 0.25) is 5.91 Å². The van der Waals surface area contributed by atoms with Gasteiger partial charge in [0.15, 0.2) is 0 Å². The van der Waals surface area contributed by atoms with Gasteiger partial charge in [-0.25, -0.2) is 0 Å². The number of carboxylic acids is 1. The molecule has 2 heterocycles. The van der Waals surface area contributed by atoms with E-state index >= 15 is 0 Å². The Bertz CT molecular complexity index is 313. The van der Waals surface area contributed by atoms with Gasteiger partial charge in [-0.15, -0.1) is 6.58 Å². The SMILES string of the molecule is C=CCC(=O)N1C2CCC1C(C(=O)O)C2. The topological polar surface area (TPSA) is 57.6 Å². The standard InChI is InChI=1S/C11H15NO3/c1-2-3-10(13)12-7-4-5-9(12)8(6-7)11(14)15/h2,7-9H,1,3-6H2,(H,14,15). The minimum atomic E-state index is -0.765. The van der Waals surface area contributed by atoms with E-state index in [0.29, 0.717) is 12.8 Å². The van der Waals surface area contributed by atoms with Crippen molar-refractivity contribution in [1.29, 1.82) is 0 Å². The summed E-state index contributed by atoms with van der Waals surface area (Å²) in [6.45, 7) is 3.53. The normalized spacial score (nSPS) is 33.1. The van der Waals surface area contributed by atoms with Crippen molar-refractivity contribution in [3.8, 4) is 0 Å². The quantitative estimate of drug-likeness (QED) is 0.706. The van der Waals surface area contributed by atoms with Gasteiger partial charge in [0.25, 0.3) is 0 Å². The zero-order valence-corrected chi connectivity index (χ0v) is 8.56. The lowest BCUT2D eigenvalue weighted by atomic mass is 9.89. The van der Waals surface area contributed by atoms with Crippen LogP contribution in [0.15, 0.2) is 12.7 Å². The number of carbonyl (C=O) groups is 2. The van der Waals surface area contributed by atoms with Crippen molar-refractivity contribution in [2.24, 2.45) is 5.92 Å². The van der Waals surface area contributed by atoms with Crippen molar-refractivity contribution in [3.63, 3.8) is 0 Å². The molecule has 0 aromatic heterocycles. The first kappa shape index (κ1) is 10.2. The minimum Gasteiger partial charge on any atom is -0.481 e. The maximum atomic E-state index is 11.7. The third-order valence-electron chi connectivity index (χ3n) is 3.46. The predicted molar refractivity (Wildman–Crippen MR) is 54.2 cm³/mol. The van der Waals surface area contributed by atoms with E-state index in [9.17, 15) is 9.59 Å². The van der Waals surface area contributed by atoms with Crippen molar-refractivity contribution in [3.05, 3.63) is 12.7 Å². The number of fused-ring (bicyclic) bond motifs is 2. The molecule has 0 radical (unpaired) electrons. The predicted octanol–water partition coefficient (Wildman–Crippen LogP) is 1.03. The molecule has 2 fully saturated rings. The number of amides is 1. The van der Waals surface area contributed by atoms with Crippen LogP contribution in [-0.2, 0) is 9.59 Å². The number of nitrogens with zero attached hydrogens (tertiary/aromatic N) is 1. The van der Waals surface area contributed by atoms with Crippen LogP contribution in [0.25, 0.3) is 0 Å². The monoisotopic (exact) mass is 209 g/mol. The third kappa shape index (κ3) is 1.54. The highest BCUT2D eigenvalue weighted by Gasteiger charge is 2.50. The Kier molecular flexibility index (Phi) is 2.50. The Morgan fingerprint density at radius 3 is 2.73 bits per heavy atom. The van der Waals surface area contributed by atoms with E-state index in [1.165, 1.54) is 0 Å². The van der Waals surface area contributed by atoms with E-state index in [-0.39, 0.29) is 23.9 Å². The number of aliphatic carboxylic acids is 1. The second-order valence-corrected chi connectivity index (χ2v) is 4.27. The van der Waals surface area contributed by atoms with Gasteiger partial charge < -0.3 is 10.0 Å². The van der Waals surface area contributed by atoms with Crippen LogP contribution in [0.1, 0.15) is 25.7 Å². The zero-order chi connectivity index (χ0) is 11.0. The van der Waals surface area contributed by atoms with Crippen LogP contribution >= 0.6 is 0 Å². The highest BCUT2D eigenvalue weighted by molar-refractivity contribution is 5.81. The van der Waals surface area contributed by atoms with Gasteiger partial charge in [-0.2, -0.15) is 0 Å². The maximum Gasteiger partial charge on any atom is 0.308 e. The smallest absolute Gasteiger partial charge is 0.308 e. The number of hydrogen-bond acceptors (Lipinski definition) is 2. The molecule has 2 rings (SSSR count). The average Bonchev–Trinajstić information content (AvgIpc) is 2.74. The van der Waals surface area contributed by atoms with Crippen molar-refractivity contribution >= 4 is 11.9 Å². The van der Waals surface area contributed by atoms with E-state index in [0.717, 1.165) is 12.8 Å². The molecule has 2 saturated heterocycles. The molecule has 15 heavy (non-hydrogen) atoms. The molecule has 0 aromatic carbocycles. The first-order chi connectivity index (χ1) is 7.15. The molecule has 3 atom stereocenters. The maximum absolute atomic E-state index is 11.7. The Morgan fingerprint density at radius 1 is 1.47 bits per heavy atom. The molecule has 4 heteroatoms. The summed E-state index contributed by atoms with van der Waals surface area (Å²) >= 11 is 0. The van der Waals surface area contributed by atoms with Crippen LogP contribution in [0.5, 0.6) is 0 Å². The number of carboxylic acid groups (broad SMARTS) is 1. The molecule has 1 N–H and O–H groups in total. The van der Waals surface area contributed by atoms with Gasteiger partial charge >= 0.3 is 5.97 Å². The first-order valence-corrected chi connectivity index (χ1v) is 5.30. The fourth-order valence-corrected chi connectivity index (χ4v) is 2.87. The first-order valence-electron chi connectivity index (χ1n) is 5.30. The summed E-state index contributed by atoms with van der Waals surface area (Å²) in [4.78, 5) is 24.5. The van der Waals surface area contributed by atoms with E-state index in [1.54, 1.807) is 11.0 Å². The van der Waals surface area contributed by atoms with Crippen molar-refractivity contribution < 1.29 is 14.7 Å². The van der Waals surface area contributed by atoms with Crippen LogP contribution in [-0.4, -0.2) is 34.0 Å². The molecule has 0 saturated carbocycles. The van der Waals surface area contributed by atoms with Crippen LogP contribution < -0.4 is 0 Å². The molecule has 2 bridgehead atoms. The molecule has 82 valence electrons. The fourth-order valence-electron chi connectivity index (χ4n) is 2.87. The van der Waals surface area contributed by atoms with Gasteiger partial charge in [0, 0.05) is 18.5 Å². The Labute approximate surface area is 88.6 Å². The van der Waals surface area contributed by atoms with Crippen molar-refractivity contribution in [2.45, 2.75) is 37.8 Å². The minimum absolute atomic E-state index is 0.0289. The van der Waals surface area contributed by atoms with Gasteiger partial charge in [0.05, 0.1) is 5.92 Å². The van der Waals surface area contributed by atoms with Crippen LogP contribution in [0.2, 0.25) is 0 Å². The summed E-state index contributed by atoms with van der Waals surface area (Å²) in [5.74, 6) is -1.09. The highest BCUT2D eigenvalue weighted by atomic mass is 16.4. The molecule has 0 aliphatic carbocycles. The van der Waals surface area contributed by atoms with E-state index in [4.69, 9.17) is 5.11 Å². The number of carbonyl (C=O) groups excluding carboxylic acids is 1. The van der Waals surface area contributed by atoms with Crippen LogP contribution in [0.4, 0.5) is 0 Å². The second kappa shape index (κ2) is 3.68. The summed E-state index contributed by atoms with van der Waals surface area (Å²) in [7, 11) is 0. The second-order valence-electron chi connectivity index (χ2n) is 4.27. The summed E-state index contributed by atoms with van der Waals surface area (Å²) < 4.78 is 0. The van der Waals surface area contributed by atoms with Gasteiger partial charge in [0.1, 0.15) is 0 Å². The molecule has 0 spiro atoms. The number of hydrogen-bond donors (Lipinski definition) is 1. The van der Waals surface area contributed by atoms with E-state index in [2.05, 4.69) is 6.58 Å². The molecule has 2 aliphatic heterocycles. The number of rotatable bonds is 3. The summed E-state index contributed by atoms with van der Waals surface area (Å²) in [5.41, 5.74) is 0. The lowest BCUT2D eigenvalue weighted by Gasteiger charge is -2.22. The van der Waals surface area contributed by atoms with Crippen LogP contribution in [0, 0.1) is 5.92 Å². The molecule has 1 amide bonds. The van der Waals surface area contributed by atoms with E-state index in [1.807, 2.05) is 0 Å². The fraction of sp³-hybridized carbons (Fsp3) is 0.636. The average molecular weight is 209 g/mol. The van der Waals surface area contributed by atoms with Gasteiger partial charge in [-0.3, -0.25) is 9.59 Å². The van der Waals surface area contributed by atoms with Gasteiger partial charge in [-0.05, 0) is 19.3 Å². The van der Waals surface area contributed by atoms with Crippen molar-refractivity contribution in [2.75, 3.05) is 0 Å². The molecular formula is C11H15NO3. The Morgan fingerprint density at radius 2 is 2.20 bits per heavy atom. The largest absolute Gasteiger partial charge is 0.481 e. The zero-order valence-electron chi connectivity index (χ0n) is 8.56. The lowest BCUT2D eigenvalue weighted by Crippen LogP contribution is -2.37. The van der Waals surface area contributed by atoms with Crippen LogP contribution in [0.3, 0.4) is 0 Å². The third-order valence-corrected chi connectivity index (χ3v) is 3.46. The Hall–Kier alpha value is -1.32. The summed E-state index contributed by atoms with van der Waals surface area (Å²) in [5, 5.41) is 9.01.